The number of ketones is 1. The van der Waals surface area contributed by atoms with Crippen molar-refractivity contribution < 1.29 is 14.3 Å². The summed E-state index contributed by atoms with van der Waals surface area (Å²) in [6.07, 6.45) is 2.64. The van der Waals surface area contributed by atoms with E-state index in [9.17, 15) is 4.79 Å². The molecule has 0 N–H and O–H groups in total. The van der Waals surface area contributed by atoms with Crippen LogP contribution in [0.5, 0.6) is 5.75 Å². The lowest BCUT2D eigenvalue weighted by atomic mass is 10.00. The first kappa shape index (κ1) is 12.6. The molecule has 17 heavy (non-hydrogen) atoms. The summed E-state index contributed by atoms with van der Waals surface area (Å²) in [5.41, 5.74) is 0.665. The molecule has 0 saturated carbocycles. The van der Waals surface area contributed by atoms with E-state index in [1.54, 1.807) is 25.3 Å². The highest BCUT2D eigenvalue weighted by atomic mass is 79.9. The summed E-state index contributed by atoms with van der Waals surface area (Å²) >= 11 is 3.40. The molecular formula is C13H15BrO3. The molecule has 0 aromatic heterocycles. The highest BCUT2D eigenvalue weighted by Gasteiger charge is 2.24. The minimum Gasteiger partial charge on any atom is -0.497 e. The van der Waals surface area contributed by atoms with Crippen LogP contribution in [0.2, 0.25) is 0 Å². The number of halogens is 1. The van der Waals surface area contributed by atoms with Crippen LogP contribution in [-0.4, -0.2) is 25.6 Å². The molecule has 3 nitrogen and oxygen atoms in total. The SMILES string of the molecule is COc1ccc(C(=O)C2CCCCO2)c(Br)c1. The van der Waals surface area contributed by atoms with Gasteiger partial charge in [-0.25, -0.2) is 0 Å². The Balaban J connectivity index is 2.18. The van der Waals surface area contributed by atoms with Gasteiger partial charge in [-0.3, -0.25) is 4.79 Å². The zero-order valence-corrected chi connectivity index (χ0v) is 11.3. The van der Waals surface area contributed by atoms with E-state index in [4.69, 9.17) is 9.47 Å². The number of hydrogen-bond acceptors (Lipinski definition) is 3. The van der Waals surface area contributed by atoms with Crippen molar-refractivity contribution in [1.82, 2.24) is 0 Å². The lowest BCUT2D eigenvalue weighted by Crippen LogP contribution is -2.28. The van der Waals surface area contributed by atoms with Gasteiger partial charge >= 0.3 is 0 Å². The summed E-state index contributed by atoms with van der Waals surface area (Å²) in [5.74, 6) is 0.789. The monoisotopic (exact) mass is 298 g/mol. The molecule has 0 spiro atoms. The van der Waals surface area contributed by atoms with Crippen LogP contribution in [-0.2, 0) is 4.74 Å². The Morgan fingerprint density at radius 1 is 1.47 bits per heavy atom. The smallest absolute Gasteiger partial charge is 0.192 e. The molecule has 0 bridgehead atoms. The van der Waals surface area contributed by atoms with Gasteiger partial charge in [0.25, 0.3) is 0 Å². The molecule has 4 heteroatoms. The Hall–Kier alpha value is -0.870. The maximum absolute atomic E-state index is 12.2. The normalized spacial score (nSPS) is 20.0. The Kier molecular flexibility index (Phi) is 4.18. The molecule has 1 aliphatic rings. The van der Waals surface area contributed by atoms with Crippen molar-refractivity contribution in [2.24, 2.45) is 0 Å². The topological polar surface area (TPSA) is 35.5 Å². The zero-order valence-electron chi connectivity index (χ0n) is 9.74. The minimum atomic E-state index is -0.284. The summed E-state index contributed by atoms with van der Waals surface area (Å²) < 4.78 is 11.4. The summed E-state index contributed by atoms with van der Waals surface area (Å²) in [6, 6.07) is 5.38. The van der Waals surface area contributed by atoms with Crippen molar-refractivity contribution in [3.05, 3.63) is 28.2 Å². The maximum Gasteiger partial charge on any atom is 0.192 e. The second-order valence-corrected chi connectivity index (χ2v) is 4.92. The number of carbonyl (C=O) groups excluding carboxylic acids is 1. The minimum absolute atomic E-state index is 0.0548. The third-order valence-electron chi connectivity index (χ3n) is 2.91. The van der Waals surface area contributed by atoms with Crippen LogP contribution >= 0.6 is 15.9 Å². The molecule has 1 heterocycles. The van der Waals surface area contributed by atoms with E-state index in [0.29, 0.717) is 12.2 Å². The predicted molar refractivity (Wildman–Crippen MR) is 68.6 cm³/mol. The van der Waals surface area contributed by atoms with Crippen LogP contribution in [0.4, 0.5) is 0 Å². The fourth-order valence-electron chi connectivity index (χ4n) is 1.94. The summed E-state index contributed by atoms with van der Waals surface area (Å²) in [6.45, 7) is 0.685. The summed E-state index contributed by atoms with van der Waals surface area (Å²) in [4.78, 5) is 12.2. The van der Waals surface area contributed by atoms with Crippen LogP contribution in [0.25, 0.3) is 0 Å². The van der Waals surface area contributed by atoms with Gasteiger partial charge in [-0.2, -0.15) is 0 Å². The van der Waals surface area contributed by atoms with Gasteiger partial charge in [0.05, 0.1) is 7.11 Å². The van der Waals surface area contributed by atoms with Gasteiger partial charge in [0.2, 0.25) is 0 Å². The molecule has 1 aromatic carbocycles. The lowest BCUT2D eigenvalue weighted by molar-refractivity contribution is 0.0186. The fraction of sp³-hybridized carbons (Fsp3) is 0.462. The highest BCUT2D eigenvalue weighted by molar-refractivity contribution is 9.10. The number of hydrogen-bond donors (Lipinski definition) is 0. The number of benzene rings is 1. The van der Waals surface area contributed by atoms with E-state index in [1.807, 2.05) is 0 Å². The first-order valence-electron chi connectivity index (χ1n) is 5.71. The van der Waals surface area contributed by atoms with Crippen molar-refractivity contribution >= 4 is 21.7 Å². The van der Waals surface area contributed by atoms with E-state index in [1.165, 1.54) is 0 Å². The predicted octanol–water partition coefficient (Wildman–Crippen LogP) is 3.21. The Morgan fingerprint density at radius 2 is 2.29 bits per heavy atom. The molecular weight excluding hydrogens is 284 g/mol. The van der Waals surface area contributed by atoms with E-state index in [0.717, 1.165) is 29.5 Å². The third kappa shape index (κ3) is 2.87. The Bertz CT molecular complexity index is 411. The van der Waals surface area contributed by atoms with Gasteiger partial charge in [-0.1, -0.05) is 0 Å². The van der Waals surface area contributed by atoms with Crippen LogP contribution in [0.15, 0.2) is 22.7 Å². The van der Waals surface area contributed by atoms with Crippen LogP contribution < -0.4 is 4.74 Å². The van der Waals surface area contributed by atoms with Crippen molar-refractivity contribution in [2.45, 2.75) is 25.4 Å². The van der Waals surface area contributed by atoms with E-state index >= 15 is 0 Å². The molecule has 1 aliphatic heterocycles. The highest BCUT2D eigenvalue weighted by Crippen LogP contribution is 2.26. The number of carbonyl (C=O) groups is 1. The van der Waals surface area contributed by atoms with E-state index in [-0.39, 0.29) is 11.9 Å². The molecule has 0 amide bonds. The molecule has 0 aliphatic carbocycles. The van der Waals surface area contributed by atoms with E-state index in [2.05, 4.69) is 15.9 Å². The van der Waals surface area contributed by atoms with Crippen molar-refractivity contribution in [3.63, 3.8) is 0 Å². The number of rotatable bonds is 3. The zero-order chi connectivity index (χ0) is 12.3. The van der Waals surface area contributed by atoms with Gasteiger partial charge < -0.3 is 9.47 Å². The maximum atomic E-state index is 12.2. The van der Waals surface area contributed by atoms with Gasteiger partial charge in [0, 0.05) is 16.6 Å². The average Bonchev–Trinajstić information content (AvgIpc) is 2.39. The van der Waals surface area contributed by atoms with Crippen molar-refractivity contribution in [2.75, 3.05) is 13.7 Å². The molecule has 0 radical (unpaired) electrons. The second kappa shape index (κ2) is 5.65. The number of Topliss-reactive ketones (excluding diaryl/α,β-unsaturated/α-hetero) is 1. The molecule has 1 atom stereocenters. The van der Waals surface area contributed by atoms with E-state index < -0.39 is 0 Å². The van der Waals surface area contributed by atoms with Crippen LogP contribution in [0, 0.1) is 0 Å². The van der Waals surface area contributed by atoms with Gasteiger partial charge in [0.15, 0.2) is 5.78 Å². The summed E-state index contributed by atoms with van der Waals surface area (Å²) in [5, 5.41) is 0. The molecule has 1 saturated heterocycles. The molecule has 1 aromatic rings. The van der Waals surface area contributed by atoms with Crippen LogP contribution in [0.1, 0.15) is 29.6 Å². The number of methoxy groups -OCH3 is 1. The van der Waals surface area contributed by atoms with Crippen molar-refractivity contribution in [1.29, 1.82) is 0 Å². The Morgan fingerprint density at radius 3 is 2.88 bits per heavy atom. The van der Waals surface area contributed by atoms with Gasteiger partial charge in [-0.05, 0) is 53.4 Å². The lowest BCUT2D eigenvalue weighted by Gasteiger charge is -2.21. The number of ether oxygens (including phenoxy) is 2. The molecule has 92 valence electrons. The second-order valence-electron chi connectivity index (χ2n) is 4.07. The molecule has 1 unspecified atom stereocenters. The standard InChI is InChI=1S/C13H15BrO3/c1-16-9-5-6-10(11(14)8-9)13(15)12-4-2-3-7-17-12/h5-6,8,12H,2-4,7H2,1H3. The van der Waals surface area contributed by atoms with Gasteiger partial charge in [0.1, 0.15) is 11.9 Å². The van der Waals surface area contributed by atoms with Crippen molar-refractivity contribution in [3.8, 4) is 5.75 Å². The molecule has 2 rings (SSSR count). The summed E-state index contributed by atoms with van der Waals surface area (Å²) in [7, 11) is 1.60. The largest absolute Gasteiger partial charge is 0.497 e. The third-order valence-corrected chi connectivity index (χ3v) is 3.57. The quantitative estimate of drug-likeness (QED) is 0.804. The van der Waals surface area contributed by atoms with Gasteiger partial charge in [-0.15, -0.1) is 0 Å². The Labute approximate surface area is 109 Å². The fourth-order valence-corrected chi connectivity index (χ4v) is 2.50. The molecule has 1 fully saturated rings. The first-order valence-corrected chi connectivity index (χ1v) is 6.51. The van der Waals surface area contributed by atoms with Crippen LogP contribution in [0.3, 0.4) is 0 Å². The average molecular weight is 299 g/mol. The first-order chi connectivity index (χ1) is 8.22.